The summed E-state index contributed by atoms with van der Waals surface area (Å²) in [5.41, 5.74) is 0. The van der Waals surface area contributed by atoms with Crippen LogP contribution in [0.4, 0.5) is 0 Å². The maximum atomic E-state index is 12.1. The zero-order valence-electron chi connectivity index (χ0n) is 11.6. The van der Waals surface area contributed by atoms with Crippen molar-refractivity contribution in [1.82, 2.24) is 9.97 Å². The second-order valence-corrected chi connectivity index (χ2v) is 6.60. The van der Waals surface area contributed by atoms with Gasteiger partial charge >= 0.3 is 5.97 Å². The van der Waals surface area contributed by atoms with Gasteiger partial charge in [0.2, 0.25) is 5.88 Å². The van der Waals surface area contributed by atoms with Gasteiger partial charge < -0.3 is 9.47 Å². The summed E-state index contributed by atoms with van der Waals surface area (Å²) in [6, 6.07) is 0. The SMILES string of the molecule is O=C(OCCOc1cncc(Cl)n1)C1C2C3CCC(C3)C12. The first-order valence-corrected chi connectivity index (χ1v) is 7.89. The summed E-state index contributed by atoms with van der Waals surface area (Å²) in [4.78, 5) is 19.9. The predicted molar refractivity (Wildman–Crippen MR) is 74.8 cm³/mol. The molecule has 0 amide bonds. The van der Waals surface area contributed by atoms with Crippen molar-refractivity contribution in [2.24, 2.45) is 29.6 Å². The lowest BCUT2D eigenvalue weighted by Crippen LogP contribution is -2.17. The van der Waals surface area contributed by atoms with Crippen molar-refractivity contribution in [1.29, 1.82) is 0 Å². The number of hydrogen-bond donors (Lipinski definition) is 0. The van der Waals surface area contributed by atoms with E-state index < -0.39 is 0 Å². The van der Waals surface area contributed by atoms with E-state index in [9.17, 15) is 4.79 Å². The smallest absolute Gasteiger partial charge is 0.309 e. The fraction of sp³-hybridized carbons (Fsp3) is 0.667. The molecule has 112 valence electrons. The molecule has 0 radical (unpaired) electrons. The number of ether oxygens (including phenoxy) is 2. The van der Waals surface area contributed by atoms with Gasteiger partial charge in [0.25, 0.3) is 0 Å². The van der Waals surface area contributed by atoms with Crippen LogP contribution in [0.1, 0.15) is 19.3 Å². The quantitative estimate of drug-likeness (QED) is 0.617. The van der Waals surface area contributed by atoms with Crippen molar-refractivity contribution >= 4 is 17.6 Å². The molecule has 3 fully saturated rings. The van der Waals surface area contributed by atoms with Gasteiger partial charge in [0.15, 0.2) is 5.15 Å². The van der Waals surface area contributed by atoms with Crippen LogP contribution in [0.5, 0.6) is 5.88 Å². The van der Waals surface area contributed by atoms with E-state index in [0.29, 0.717) is 17.7 Å². The predicted octanol–water partition coefficient (Wildman–Crippen LogP) is 2.34. The highest BCUT2D eigenvalue weighted by Gasteiger charge is 2.68. The summed E-state index contributed by atoms with van der Waals surface area (Å²) in [6.45, 7) is 0.522. The van der Waals surface area contributed by atoms with Gasteiger partial charge in [-0.15, -0.1) is 0 Å². The van der Waals surface area contributed by atoms with Crippen LogP contribution in [0.2, 0.25) is 5.15 Å². The van der Waals surface area contributed by atoms with E-state index in [1.165, 1.54) is 31.7 Å². The van der Waals surface area contributed by atoms with Crippen LogP contribution in [0.15, 0.2) is 12.4 Å². The highest BCUT2D eigenvalue weighted by molar-refractivity contribution is 6.29. The lowest BCUT2D eigenvalue weighted by Gasteiger charge is -2.09. The lowest BCUT2D eigenvalue weighted by atomic mass is 10.0. The van der Waals surface area contributed by atoms with Crippen LogP contribution in [-0.4, -0.2) is 29.2 Å². The number of nitrogens with zero attached hydrogens (tertiary/aromatic N) is 2. The van der Waals surface area contributed by atoms with E-state index in [1.807, 2.05) is 0 Å². The molecule has 1 aromatic heterocycles. The minimum absolute atomic E-state index is 0.0395. The Labute approximate surface area is 128 Å². The van der Waals surface area contributed by atoms with Gasteiger partial charge in [0, 0.05) is 0 Å². The van der Waals surface area contributed by atoms with Crippen molar-refractivity contribution in [3.05, 3.63) is 17.5 Å². The van der Waals surface area contributed by atoms with Crippen LogP contribution in [0.25, 0.3) is 0 Å². The van der Waals surface area contributed by atoms with Crippen molar-refractivity contribution in [2.75, 3.05) is 13.2 Å². The van der Waals surface area contributed by atoms with Gasteiger partial charge in [-0.2, -0.15) is 4.98 Å². The normalized spacial score (nSPS) is 35.4. The lowest BCUT2D eigenvalue weighted by molar-refractivity contribution is -0.147. The second-order valence-electron chi connectivity index (χ2n) is 6.21. The Hall–Kier alpha value is -1.36. The summed E-state index contributed by atoms with van der Waals surface area (Å²) in [7, 11) is 0. The summed E-state index contributed by atoms with van der Waals surface area (Å²) < 4.78 is 10.7. The molecule has 4 unspecified atom stereocenters. The molecule has 5 nitrogen and oxygen atoms in total. The molecule has 4 atom stereocenters. The molecule has 6 heteroatoms. The number of rotatable bonds is 5. The molecule has 3 aliphatic carbocycles. The van der Waals surface area contributed by atoms with Gasteiger partial charge in [-0.3, -0.25) is 9.78 Å². The van der Waals surface area contributed by atoms with Crippen molar-refractivity contribution in [2.45, 2.75) is 19.3 Å². The molecular weight excluding hydrogens is 292 g/mol. The second kappa shape index (κ2) is 5.13. The Balaban J connectivity index is 1.21. The number of carbonyl (C=O) groups is 1. The monoisotopic (exact) mass is 308 g/mol. The molecule has 21 heavy (non-hydrogen) atoms. The topological polar surface area (TPSA) is 61.3 Å². The molecule has 0 spiro atoms. The highest BCUT2D eigenvalue weighted by atomic mass is 35.5. The Morgan fingerprint density at radius 2 is 2.00 bits per heavy atom. The average molecular weight is 309 g/mol. The summed E-state index contributed by atoms with van der Waals surface area (Å²) in [6.07, 6.45) is 6.89. The van der Waals surface area contributed by atoms with Gasteiger partial charge in [0.1, 0.15) is 13.2 Å². The maximum Gasteiger partial charge on any atom is 0.309 e. The van der Waals surface area contributed by atoms with Crippen LogP contribution in [-0.2, 0) is 9.53 Å². The van der Waals surface area contributed by atoms with E-state index in [2.05, 4.69) is 9.97 Å². The van der Waals surface area contributed by atoms with Crippen LogP contribution in [0, 0.1) is 29.6 Å². The average Bonchev–Trinajstić information content (AvgIpc) is 2.92. The van der Waals surface area contributed by atoms with E-state index in [-0.39, 0.29) is 30.3 Å². The van der Waals surface area contributed by atoms with Gasteiger partial charge in [-0.1, -0.05) is 11.6 Å². The third-order valence-electron chi connectivity index (χ3n) is 5.17. The minimum atomic E-state index is -0.0395. The minimum Gasteiger partial charge on any atom is -0.473 e. The van der Waals surface area contributed by atoms with Crippen LogP contribution in [0.3, 0.4) is 0 Å². The first-order chi connectivity index (χ1) is 10.2. The highest BCUT2D eigenvalue weighted by Crippen LogP contribution is 2.69. The standard InChI is InChI=1S/C15H17ClN2O3/c16-10-6-17-7-11(18-10)20-3-4-21-15(19)14-12-8-1-2-9(5-8)13(12)14/h6-9,12-14H,1-5H2. The van der Waals surface area contributed by atoms with E-state index in [0.717, 1.165) is 11.8 Å². The fourth-order valence-corrected chi connectivity index (χ4v) is 4.56. The van der Waals surface area contributed by atoms with E-state index in [4.69, 9.17) is 21.1 Å². The van der Waals surface area contributed by atoms with Gasteiger partial charge in [-0.25, -0.2) is 0 Å². The number of hydrogen-bond acceptors (Lipinski definition) is 5. The molecular formula is C15H17ClN2O3. The zero-order chi connectivity index (χ0) is 14.4. The molecule has 0 aromatic carbocycles. The van der Waals surface area contributed by atoms with Gasteiger partial charge in [-0.05, 0) is 42.9 Å². The zero-order valence-corrected chi connectivity index (χ0v) is 12.3. The molecule has 3 aliphatic rings. The van der Waals surface area contributed by atoms with Crippen molar-refractivity contribution in [3.8, 4) is 5.88 Å². The molecule has 1 aromatic rings. The summed E-state index contributed by atoms with van der Waals surface area (Å²) >= 11 is 5.71. The Morgan fingerprint density at radius 3 is 2.71 bits per heavy atom. The number of fused-ring (bicyclic) bond motifs is 5. The molecule has 0 saturated heterocycles. The molecule has 0 aliphatic heterocycles. The molecule has 1 heterocycles. The van der Waals surface area contributed by atoms with Gasteiger partial charge in [0.05, 0.1) is 18.3 Å². The third-order valence-corrected chi connectivity index (χ3v) is 5.35. The third kappa shape index (κ3) is 2.37. The number of esters is 1. The van der Waals surface area contributed by atoms with E-state index >= 15 is 0 Å². The number of carbonyl (C=O) groups excluding carboxylic acids is 1. The van der Waals surface area contributed by atoms with Crippen LogP contribution < -0.4 is 4.74 Å². The first-order valence-electron chi connectivity index (χ1n) is 7.51. The molecule has 2 bridgehead atoms. The Bertz CT molecular complexity index is 552. The van der Waals surface area contributed by atoms with Crippen molar-refractivity contribution in [3.63, 3.8) is 0 Å². The Morgan fingerprint density at radius 1 is 1.24 bits per heavy atom. The molecule has 3 saturated carbocycles. The van der Waals surface area contributed by atoms with E-state index in [1.54, 1.807) is 0 Å². The largest absolute Gasteiger partial charge is 0.473 e. The van der Waals surface area contributed by atoms with Crippen molar-refractivity contribution < 1.29 is 14.3 Å². The molecule has 4 rings (SSSR count). The maximum absolute atomic E-state index is 12.1. The summed E-state index contributed by atoms with van der Waals surface area (Å²) in [5, 5.41) is 0.283. The Kier molecular flexibility index (Phi) is 3.25. The van der Waals surface area contributed by atoms with Crippen LogP contribution >= 0.6 is 11.6 Å². The number of aromatic nitrogens is 2. The summed E-state index contributed by atoms with van der Waals surface area (Å²) in [5.74, 6) is 3.29. The fourth-order valence-electron chi connectivity index (χ4n) is 4.42. The number of halogens is 1. The molecule has 0 N–H and O–H groups in total. The first kappa shape index (κ1) is 13.3.